The van der Waals surface area contributed by atoms with Gasteiger partial charge in [0.1, 0.15) is 11.8 Å². The Bertz CT molecular complexity index is 182. The van der Waals surface area contributed by atoms with Gasteiger partial charge < -0.3 is 5.11 Å². The molecule has 1 heterocycles. The summed E-state index contributed by atoms with van der Waals surface area (Å²) in [6, 6.07) is -0.604. The third-order valence-corrected chi connectivity index (χ3v) is 2.39. The van der Waals surface area contributed by atoms with Crippen molar-refractivity contribution in [2.45, 2.75) is 12.5 Å². The van der Waals surface area contributed by atoms with Crippen LogP contribution in [0.2, 0.25) is 0 Å². The zero-order chi connectivity index (χ0) is 7.72. The van der Waals surface area contributed by atoms with E-state index in [2.05, 4.69) is 0 Å². The first-order valence-corrected chi connectivity index (χ1v) is 3.74. The fraction of sp³-hybridized carbons (Fsp3) is 0.600. The number of rotatable bonds is 1. The predicted octanol–water partition coefficient (Wildman–Crippen LogP) is 0.0644. The Balaban J connectivity index is 2.63. The van der Waals surface area contributed by atoms with Crippen LogP contribution in [0.4, 0.5) is 0 Å². The zero-order valence-corrected chi connectivity index (χ0v) is 7.24. The third-order valence-electron chi connectivity index (χ3n) is 1.37. The Morgan fingerprint density at radius 1 is 1.80 bits per heavy atom. The van der Waals surface area contributed by atoms with E-state index in [1.54, 1.807) is 0 Å². The van der Waals surface area contributed by atoms with Crippen LogP contribution < -0.4 is 0 Å². The minimum Gasteiger partial charge on any atom is -0.480 e. The van der Waals surface area contributed by atoms with Gasteiger partial charge in [0.25, 0.3) is 0 Å². The Morgan fingerprint density at radius 2 is 2.40 bits per heavy atom. The molecule has 1 N–H and O–H groups in total. The number of hydrogen-bond donors (Lipinski definition) is 1. The van der Waals surface area contributed by atoms with E-state index < -0.39 is 12.0 Å². The summed E-state index contributed by atoms with van der Waals surface area (Å²) < 4.78 is 1.52. The Kier molecular flexibility index (Phi) is 2.24. The number of carbonyl (C=O) groups is 2. The lowest BCUT2D eigenvalue weighted by Gasteiger charge is -2.09. The van der Waals surface area contributed by atoms with Crippen LogP contribution in [-0.4, -0.2) is 32.6 Å². The first-order valence-electron chi connectivity index (χ1n) is 2.78. The van der Waals surface area contributed by atoms with Crippen molar-refractivity contribution in [3.05, 3.63) is 0 Å². The molecule has 5 heteroatoms. The molecule has 10 heavy (non-hydrogen) atoms. The molecular formula is C5H6INO3. The molecule has 1 fully saturated rings. The summed E-state index contributed by atoms with van der Waals surface area (Å²) in [5, 5.41) is 8.50. The summed E-state index contributed by atoms with van der Waals surface area (Å²) in [7, 11) is 0. The summed E-state index contributed by atoms with van der Waals surface area (Å²) in [6.07, 6.45) is 0.151. The first-order chi connectivity index (χ1) is 4.61. The van der Waals surface area contributed by atoms with Crippen LogP contribution in [0.3, 0.4) is 0 Å². The number of carbonyl (C=O) groups excluding carboxylic acids is 1. The van der Waals surface area contributed by atoms with Gasteiger partial charge in [0.15, 0.2) is 0 Å². The van der Waals surface area contributed by atoms with Crippen molar-refractivity contribution in [2.24, 2.45) is 0 Å². The van der Waals surface area contributed by atoms with Gasteiger partial charge in [-0.2, -0.15) is 0 Å². The molecule has 4 nitrogen and oxygen atoms in total. The van der Waals surface area contributed by atoms with E-state index in [-0.39, 0.29) is 18.7 Å². The van der Waals surface area contributed by atoms with Crippen molar-refractivity contribution in [3.8, 4) is 0 Å². The monoisotopic (exact) mass is 255 g/mol. The summed E-state index contributed by atoms with van der Waals surface area (Å²) in [4.78, 5) is 21.0. The third kappa shape index (κ3) is 1.46. The Labute approximate surface area is 71.7 Å². The van der Waals surface area contributed by atoms with Gasteiger partial charge >= 0.3 is 5.97 Å². The van der Waals surface area contributed by atoms with Crippen molar-refractivity contribution in [1.82, 2.24) is 3.11 Å². The molecule has 1 aliphatic rings. The second-order valence-corrected chi connectivity index (χ2v) is 3.39. The minimum absolute atomic E-state index is 0.00167. The number of ketones is 1. The number of Topliss-reactive ketones (excluding diaryl/α,β-unsaturated/α-hetero) is 1. The zero-order valence-electron chi connectivity index (χ0n) is 5.08. The number of aliphatic carboxylic acids is 1. The van der Waals surface area contributed by atoms with Gasteiger partial charge in [0, 0.05) is 29.3 Å². The molecule has 1 saturated heterocycles. The second-order valence-electron chi connectivity index (χ2n) is 2.15. The lowest BCUT2D eigenvalue weighted by Crippen LogP contribution is -2.27. The number of nitrogens with zero attached hydrogens (tertiary/aromatic N) is 1. The molecular weight excluding hydrogens is 249 g/mol. The molecule has 56 valence electrons. The fourth-order valence-electron chi connectivity index (χ4n) is 0.865. The van der Waals surface area contributed by atoms with Gasteiger partial charge in [-0.25, -0.2) is 3.11 Å². The van der Waals surface area contributed by atoms with Crippen molar-refractivity contribution in [2.75, 3.05) is 6.54 Å². The van der Waals surface area contributed by atoms with E-state index in [1.165, 1.54) is 3.11 Å². The van der Waals surface area contributed by atoms with E-state index >= 15 is 0 Å². The first kappa shape index (κ1) is 7.93. The van der Waals surface area contributed by atoms with Gasteiger partial charge in [-0.05, 0) is 0 Å². The molecule has 0 saturated carbocycles. The van der Waals surface area contributed by atoms with Crippen LogP contribution in [0.5, 0.6) is 0 Å². The normalized spacial score (nSPS) is 27.3. The van der Waals surface area contributed by atoms with E-state index in [1.807, 2.05) is 22.9 Å². The van der Waals surface area contributed by atoms with Crippen molar-refractivity contribution in [1.29, 1.82) is 0 Å². The number of hydrogen-bond acceptors (Lipinski definition) is 3. The standard InChI is InChI=1S/C5H6INO3/c6-7-2-3(8)1-4(7)5(9)10/h4H,1-2H2,(H,9,10). The second kappa shape index (κ2) is 2.83. The van der Waals surface area contributed by atoms with E-state index in [9.17, 15) is 9.59 Å². The summed E-state index contributed by atoms with van der Waals surface area (Å²) in [5.41, 5.74) is 0. The van der Waals surface area contributed by atoms with E-state index in [0.29, 0.717) is 0 Å². The van der Waals surface area contributed by atoms with Crippen LogP contribution in [-0.2, 0) is 9.59 Å². The molecule has 1 aliphatic heterocycles. The molecule has 0 radical (unpaired) electrons. The highest BCUT2D eigenvalue weighted by molar-refractivity contribution is 14.1. The quantitative estimate of drug-likeness (QED) is 0.532. The molecule has 0 aromatic rings. The number of carboxylic acids is 1. The van der Waals surface area contributed by atoms with Crippen LogP contribution in [0.15, 0.2) is 0 Å². The highest BCUT2D eigenvalue weighted by atomic mass is 127. The highest BCUT2D eigenvalue weighted by Crippen LogP contribution is 2.18. The average Bonchev–Trinajstić information content (AvgIpc) is 2.10. The molecule has 0 spiro atoms. The molecule has 0 bridgehead atoms. The molecule has 0 aromatic heterocycles. The minimum atomic E-state index is -0.916. The summed E-state index contributed by atoms with van der Waals surface area (Å²) in [5.74, 6) is -0.915. The molecule has 1 atom stereocenters. The molecule has 0 amide bonds. The van der Waals surface area contributed by atoms with Gasteiger partial charge in [0.05, 0.1) is 6.54 Å². The van der Waals surface area contributed by atoms with Gasteiger partial charge in [-0.1, -0.05) is 0 Å². The van der Waals surface area contributed by atoms with Gasteiger partial charge in [0.2, 0.25) is 0 Å². The largest absolute Gasteiger partial charge is 0.480 e. The maximum atomic E-state index is 10.7. The SMILES string of the molecule is O=C1CC(C(=O)O)N(I)C1. The lowest BCUT2D eigenvalue weighted by atomic mass is 10.2. The lowest BCUT2D eigenvalue weighted by molar-refractivity contribution is -0.140. The number of carboxylic acid groups (broad SMARTS) is 1. The molecule has 0 aromatic carbocycles. The van der Waals surface area contributed by atoms with E-state index in [0.717, 1.165) is 0 Å². The van der Waals surface area contributed by atoms with Crippen molar-refractivity contribution in [3.63, 3.8) is 0 Å². The highest BCUT2D eigenvalue weighted by Gasteiger charge is 2.33. The van der Waals surface area contributed by atoms with Crippen molar-refractivity contribution < 1.29 is 14.7 Å². The van der Waals surface area contributed by atoms with Crippen molar-refractivity contribution >= 4 is 34.6 Å². The van der Waals surface area contributed by atoms with Crippen LogP contribution in [0.25, 0.3) is 0 Å². The summed E-state index contributed by atoms with van der Waals surface area (Å²) >= 11 is 1.86. The Hall–Kier alpha value is -0.170. The average molecular weight is 255 g/mol. The van der Waals surface area contributed by atoms with Gasteiger partial charge in [-0.3, -0.25) is 9.59 Å². The van der Waals surface area contributed by atoms with Crippen LogP contribution >= 0.6 is 22.9 Å². The number of halogens is 1. The summed E-state index contributed by atoms with van der Waals surface area (Å²) in [6.45, 7) is 0.261. The maximum Gasteiger partial charge on any atom is 0.322 e. The molecule has 0 aliphatic carbocycles. The van der Waals surface area contributed by atoms with Crippen LogP contribution in [0, 0.1) is 0 Å². The van der Waals surface area contributed by atoms with Gasteiger partial charge in [-0.15, -0.1) is 0 Å². The maximum absolute atomic E-state index is 10.7. The van der Waals surface area contributed by atoms with E-state index in [4.69, 9.17) is 5.11 Å². The fourth-order valence-corrected chi connectivity index (χ4v) is 1.68. The van der Waals surface area contributed by atoms with Crippen LogP contribution in [0.1, 0.15) is 6.42 Å². The smallest absolute Gasteiger partial charge is 0.322 e. The molecule has 1 rings (SSSR count). The Morgan fingerprint density at radius 3 is 2.60 bits per heavy atom. The molecule has 1 unspecified atom stereocenters. The topological polar surface area (TPSA) is 57.6 Å². The predicted molar refractivity (Wildman–Crippen MR) is 41.8 cm³/mol.